The standard InChI is InChI=1S/C24H31NO3.C8H8O2.ClH/c1-18-7-9-20(10-8-18)23(26)28-21-13-11-19(12-14-21)22(17-25(2)3)24(27)15-5-4-6-16-24;1-6-2-4-7(5-3-6)8(9)10;/h7-14,22,27H,4-6,15-17H2,1-3H3;2-5H,1H3,(H,9,10);1H. The highest BCUT2D eigenvalue weighted by Gasteiger charge is 2.38. The van der Waals surface area contributed by atoms with Crippen molar-refractivity contribution in [2.24, 2.45) is 0 Å². The van der Waals surface area contributed by atoms with Crippen molar-refractivity contribution < 1.29 is 24.5 Å². The van der Waals surface area contributed by atoms with Crippen molar-refractivity contribution >= 4 is 24.3 Å². The maximum Gasteiger partial charge on any atom is 0.343 e. The molecule has 1 atom stereocenters. The summed E-state index contributed by atoms with van der Waals surface area (Å²) in [6.07, 6.45) is 5.04. The number of likely N-dealkylation sites (N-methyl/N-ethyl adjacent to an activating group) is 1. The molecule has 6 nitrogen and oxygen atoms in total. The van der Waals surface area contributed by atoms with Crippen molar-refractivity contribution in [3.05, 3.63) is 101 Å². The van der Waals surface area contributed by atoms with E-state index in [9.17, 15) is 14.7 Å². The van der Waals surface area contributed by atoms with Crippen LogP contribution in [0.2, 0.25) is 0 Å². The normalized spacial score (nSPS) is 14.8. The first-order valence-electron chi connectivity index (χ1n) is 13.1. The molecule has 2 N–H and O–H groups in total. The van der Waals surface area contributed by atoms with E-state index >= 15 is 0 Å². The molecular formula is C32H40ClNO5. The third kappa shape index (κ3) is 9.50. The van der Waals surface area contributed by atoms with Gasteiger partial charge in [-0.05, 0) is 82.7 Å². The summed E-state index contributed by atoms with van der Waals surface area (Å²) in [5.41, 5.74) is 3.48. The van der Waals surface area contributed by atoms with E-state index < -0.39 is 11.6 Å². The molecular weight excluding hydrogens is 514 g/mol. The number of aromatic carboxylic acids is 1. The number of carbonyl (C=O) groups excluding carboxylic acids is 1. The van der Waals surface area contributed by atoms with Crippen LogP contribution >= 0.6 is 12.4 Å². The molecule has 0 saturated heterocycles. The smallest absolute Gasteiger partial charge is 0.343 e. The summed E-state index contributed by atoms with van der Waals surface area (Å²) in [4.78, 5) is 24.8. The minimum atomic E-state index is -0.875. The minimum Gasteiger partial charge on any atom is -0.478 e. The molecule has 39 heavy (non-hydrogen) atoms. The molecule has 7 heteroatoms. The Kier molecular flexibility index (Phi) is 12.2. The molecule has 0 aromatic heterocycles. The molecule has 4 rings (SSSR count). The summed E-state index contributed by atoms with van der Waals surface area (Å²) < 4.78 is 5.51. The first kappa shape index (κ1) is 32.0. The number of hydrogen-bond acceptors (Lipinski definition) is 5. The predicted octanol–water partition coefficient (Wildman–Crippen LogP) is 6.67. The largest absolute Gasteiger partial charge is 0.478 e. The number of aliphatic hydroxyl groups is 1. The second-order valence-corrected chi connectivity index (χ2v) is 10.5. The third-order valence-electron chi connectivity index (χ3n) is 6.99. The van der Waals surface area contributed by atoms with Gasteiger partial charge >= 0.3 is 11.9 Å². The summed E-state index contributed by atoms with van der Waals surface area (Å²) in [5, 5.41) is 19.8. The van der Waals surface area contributed by atoms with Gasteiger partial charge in [0, 0.05) is 12.5 Å². The van der Waals surface area contributed by atoms with Gasteiger partial charge in [0.25, 0.3) is 0 Å². The molecule has 0 aliphatic heterocycles. The summed E-state index contributed by atoms with van der Waals surface area (Å²) in [6.45, 7) is 4.70. The summed E-state index contributed by atoms with van der Waals surface area (Å²) >= 11 is 0. The first-order chi connectivity index (χ1) is 18.1. The van der Waals surface area contributed by atoms with Gasteiger partial charge in [0.1, 0.15) is 5.75 Å². The Balaban J connectivity index is 0.000000410. The molecule has 0 amide bonds. The number of nitrogens with zero attached hydrogens (tertiary/aromatic N) is 1. The van der Waals surface area contributed by atoms with Gasteiger partial charge in [-0.3, -0.25) is 0 Å². The lowest BCUT2D eigenvalue weighted by Crippen LogP contribution is -2.42. The second-order valence-electron chi connectivity index (χ2n) is 10.5. The van der Waals surface area contributed by atoms with Gasteiger partial charge in [0.05, 0.1) is 16.7 Å². The fraction of sp³-hybridized carbons (Fsp3) is 0.375. The summed E-state index contributed by atoms with van der Waals surface area (Å²) in [6, 6.07) is 21.7. The van der Waals surface area contributed by atoms with Crippen LogP contribution in [0.4, 0.5) is 0 Å². The van der Waals surface area contributed by atoms with Gasteiger partial charge in [0.15, 0.2) is 0 Å². The summed E-state index contributed by atoms with van der Waals surface area (Å²) in [5.74, 6) is -0.665. The SMILES string of the molecule is Cc1ccc(C(=O)O)cc1.Cc1ccc(C(=O)Oc2ccc(C(CN(C)C)C3(O)CCCCC3)cc2)cc1.Cl. The van der Waals surface area contributed by atoms with Crippen LogP contribution in [0.1, 0.15) is 75.4 Å². The maximum atomic E-state index is 12.3. The van der Waals surface area contributed by atoms with Gasteiger partial charge < -0.3 is 19.8 Å². The zero-order valence-electron chi connectivity index (χ0n) is 23.2. The summed E-state index contributed by atoms with van der Waals surface area (Å²) in [7, 11) is 4.08. The molecule has 1 unspecified atom stereocenters. The molecule has 1 aliphatic carbocycles. The zero-order chi connectivity index (χ0) is 27.7. The monoisotopic (exact) mass is 553 g/mol. The van der Waals surface area contributed by atoms with E-state index in [-0.39, 0.29) is 24.3 Å². The number of ether oxygens (including phenoxy) is 1. The van der Waals surface area contributed by atoms with E-state index in [1.165, 1.54) is 6.42 Å². The second kappa shape index (κ2) is 14.8. The predicted molar refractivity (Wildman–Crippen MR) is 157 cm³/mol. The van der Waals surface area contributed by atoms with E-state index in [1.54, 1.807) is 36.4 Å². The van der Waals surface area contributed by atoms with Crippen molar-refractivity contribution in [1.82, 2.24) is 4.90 Å². The van der Waals surface area contributed by atoms with E-state index in [0.717, 1.165) is 48.9 Å². The van der Waals surface area contributed by atoms with Crippen LogP contribution in [0, 0.1) is 13.8 Å². The van der Waals surface area contributed by atoms with Crippen molar-refractivity contribution in [3.8, 4) is 5.75 Å². The number of aryl methyl sites for hydroxylation is 2. The molecule has 0 spiro atoms. The fourth-order valence-corrected chi connectivity index (χ4v) is 4.78. The molecule has 1 aliphatic rings. The zero-order valence-corrected chi connectivity index (χ0v) is 24.0. The fourth-order valence-electron chi connectivity index (χ4n) is 4.78. The first-order valence-corrected chi connectivity index (χ1v) is 13.1. The highest BCUT2D eigenvalue weighted by Crippen LogP contribution is 2.40. The minimum absolute atomic E-state index is 0. The van der Waals surface area contributed by atoms with Crippen LogP contribution in [-0.4, -0.2) is 53.3 Å². The number of rotatable bonds is 7. The molecule has 3 aromatic carbocycles. The Bertz CT molecular complexity index is 1180. The van der Waals surface area contributed by atoms with Crippen molar-refractivity contribution in [2.75, 3.05) is 20.6 Å². The van der Waals surface area contributed by atoms with Gasteiger partial charge in [-0.25, -0.2) is 9.59 Å². The average Bonchev–Trinajstić information content (AvgIpc) is 2.89. The van der Waals surface area contributed by atoms with Gasteiger partial charge in [-0.15, -0.1) is 12.4 Å². The van der Waals surface area contributed by atoms with Crippen LogP contribution in [0.5, 0.6) is 5.75 Å². The number of hydrogen-bond donors (Lipinski definition) is 2. The molecule has 0 heterocycles. The Morgan fingerprint density at radius 3 is 1.77 bits per heavy atom. The lowest BCUT2D eigenvalue weighted by molar-refractivity contribution is -0.0277. The maximum absolute atomic E-state index is 12.3. The number of carboxylic acids is 1. The van der Waals surface area contributed by atoms with Crippen LogP contribution < -0.4 is 4.74 Å². The lowest BCUT2D eigenvalue weighted by atomic mass is 9.72. The van der Waals surface area contributed by atoms with Crippen LogP contribution in [0.3, 0.4) is 0 Å². The Morgan fingerprint density at radius 1 is 0.821 bits per heavy atom. The van der Waals surface area contributed by atoms with Crippen molar-refractivity contribution in [2.45, 2.75) is 57.5 Å². The van der Waals surface area contributed by atoms with Crippen molar-refractivity contribution in [1.29, 1.82) is 0 Å². The Hall–Kier alpha value is -3.19. The van der Waals surface area contributed by atoms with Crippen LogP contribution in [0.25, 0.3) is 0 Å². The van der Waals surface area contributed by atoms with Gasteiger partial charge in [-0.2, -0.15) is 0 Å². The topological polar surface area (TPSA) is 87.1 Å². The molecule has 0 bridgehead atoms. The van der Waals surface area contributed by atoms with Crippen molar-refractivity contribution in [3.63, 3.8) is 0 Å². The number of carboxylic acid groups (broad SMARTS) is 1. The lowest BCUT2D eigenvalue weighted by Gasteiger charge is -2.40. The number of carbonyl (C=O) groups is 2. The van der Waals surface area contributed by atoms with Gasteiger partial charge in [-0.1, -0.05) is 66.8 Å². The molecule has 1 saturated carbocycles. The Morgan fingerprint density at radius 2 is 1.31 bits per heavy atom. The highest BCUT2D eigenvalue weighted by molar-refractivity contribution is 5.91. The van der Waals surface area contributed by atoms with Gasteiger partial charge in [0.2, 0.25) is 0 Å². The van der Waals surface area contributed by atoms with E-state index in [2.05, 4.69) is 4.90 Å². The van der Waals surface area contributed by atoms with E-state index in [1.807, 2.05) is 64.3 Å². The van der Waals surface area contributed by atoms with Crippen LogP contribution in [-0.2, 0) is 0 Å². The number of esters is 1. The van der Waals surface area contributed by atoms with E-state index in [0.29, 0.717) is 16.9 Å². The van der Waals surface area contributed by atoms with E-state index in [4.69, 9.17) is 9.84 Å². The van der Waals surface area contributed by atoms with Crippen LogP contribution in [0.15, 0.2) is 72.8 Å². The quantitative estimate of drug-likeness (QED) is 0.251. The number of halogens is 1. The molecule has 210 valence electrons. The molecule has 3 aromatic rings. The third-order valence-corrected chi connectivity index (χ3v) is 6.99. The average molecular weight is 554 g/mol. The number of benzene rings is 3. The molecule has 1 fully saturated rings. The Labute approximate surface area is 238 Å². The highest BCUT2D eigenvalue weighted by atomic mass is 35.5. The molecule has 0 radical (unpaired) electrons.